The standard InChI is InChI=1S/C32H18N2/c1-34-24-16-14-23(15-17-24)26-19-18-25(22-12-10-21(20-33)11-13-22)31-29-8-4-2-6-27(29)28-7-3-5-9-30(28)32(26)31/h2-19H. The van der Waals surface area contributed by atoms with Gasteiger partial charge < -0.3 is 0 Å². The molecule has 0 saturated carbocycles. The van der Waals surface area contributed by atoms with Gasteiger partial charge in [-0.1, -0.05) is 97.1 Å². The summed E-state index contributed by atoms with van der Waals surface area (Å²) in [5.41, 5.74) is 5.75. The van der Waals surface area contributed by atoms with E-state index in [2.05, 4.69) is 71.6 Å². The molecule has 0 aliphatic rings. The van der Waals surface area contributed by atoms with Crippen LogP contribution in [0.15, 0.2) is 109 Å². The Bertz CT molecular complexity index is 1660. The summed E-state index contributed by atoms with van der Waals surface area (Å²) < 4.78 is 0. The Hall–Kier alpha value is -4.92. The molecule has 0 heterocycles. The molecule has 0 amide bonds. The predicted octanol–water partition coefficient (Wildman–Crippen LogP) is 8.90. The van der Waals surface area contributed by atoms with E-state index in [1.165, 1.54) is 32.3 Å². The topological polar surface area (TPSA) is 28.1 Å². The minimum atomic E-state index is 0.637. The third-order valence-corrected chi connectivity index (χ3v) is 6.52. The van der Waals surface area contributed by atoms with E-state index in [1.54, 1.807) is 0 Å². The summed E-state index contributed by atoms with van der Waals surface area (Å²) in [6.07, 6.45) is 0. The van der Waals surface area contributed by atoms with Crippen LogP contribution in [-0.2, 0) is 0 Å². The molecule has 0 radical (unpaired) electrons. The maximum absolute atomic E-state index is 9.26. The number of rotatable bonds is 2. The van der Waals surface area contributed by atoms with Crippen molar-refractivity contribution in [2.75, 3.05) is 0 Å². The lowest BCUT2D eigenvalue weighted by molar-refractivity contribution is 1.48. The Kier molecular flexibility index (Phi) is 4.58. The zero-order valence-corrected chi connectivity index (χ0v) is 18.3. The molecule has 0 aliphatic carbocycles. The minimum absolute atomic E-state index is 0.637. The minimum Gasteiger partial charge on any atom is -0.238 e. The number of nitriles is 1. The monoisotopic (exact) mass is 430 g/mol. The number of fused-ring (bicyclic) bond motifs is 6. The van der Waals surface area contributed by atoms with E-state index in [0.717, 1.165) is 22.3 Å². The summed E-state index contributed by atoms with van der Waals surface area (Å²) in [6.45, 7) is 7.31. The molecule has 156 valence electrons. The summed E-state index contributed by atoms with van der Waals surface area (Å²) in [6, 6.07) is 39.4. The molecule has 0 aliphatic heterocycles. The van der Waals surface area contributed by atoms with Gasteiger partial charge in [-0.3, -0.25) is 0 Å². The number of hydrogen-bond acceptors (Lipinski definition) is 1. The van der Waals surface area contributed by atoms with Gasteiger partial charge in [-0.15, -0.1) is 0 Å². The van der Waals surface area contributed by atoms with E-state index in [-0.39, 0.29) is 0 Å². The highest BCUT2D eigenvalue weighted by molar-refractivity contribution is 6.31. The summed E-state index contributed by atoms with van der Waals surface area (Å²) >= 11 is 0. The molecule has 6 aromatic carbocycles. The fraction of sp³-hybridized carbons (Fsp3) is 0. The number of hydrogen-bond donors (Lipinski definition) is 0. The summed E-state index contributed by atoms with van der Waals surface area (Å²) in [5, 5.41) is 16.5. The molecule has 0 spiro atoms. The zero-order chi connectivity index (χ0) is 23.1. The maximum atomic E-state index is 9.26. The van der Waals surface area contributed by atoms with E-state index >= 15 is 0 Å². The van der Waals surface area contributed by atoms with E-state index in [4.69, 9.17) is 6.57 Å². The normalized spacial score (nSPS) is 10.9. The van der Waals surface area contributed by atoms with Crippen LogP contribution in [0.4, 0.5) is 5.69 Å². The molecule has 34 heavy (non-hydrogen) atoms. The third kappa shape index (κ3) is 3.02. The molecule has 0 fully saturated rings. The largest absolute Gasteiger partial charge is 0.238 e. The lowest BCUT2D eigenvalue weighted by Gasteiger charge is -2.18. The molecule has 0 N–H and O–H groups in total. The highest BCUT2D eigenvalue weighted by atomic mass is 14.6. The van der Waals surface area contributed by atoms with Crippen molar-refractivity contribution in [3.05, 3.63) is 126 Å². The van der Waals surface area contributed by atoms with E-state index < -0.39 is 0 Å². The summed E-state index contributed by atoms with van der Waals surface area (Å²) in [5.74, 6) is 0. The van der Waals surface area contributed by atoms with Crippen molar-refractivity contribution in [3.8, 4) is 28.3 Å². The van der Waals surface area contributed by atoms with E-state index in [0.29, 0.717) is 11.3 Å². The van der Waals surface area contributed by atoms with Crippen LogP contribution < -0.4 is 0 Å². The van der Waals surface area contributed by atoms with Crippen LogP contribution in [0.3, 0.4) is 0 Å². The fourth-order valence-corrected chi connectivity index (χ4v) is 4.96. The first kappa shape index (κ1) is 19.7. The Labute approximate surface area is 197 Å². The maximum Gasteiger partial charge on any atom is 0.187 e. The number of nitrogens with zero attached hydrogens (tertiary/aromatic N) is 2. The van der Waals surface area contributed by atoms with Gasteiger partial charge in [0.15, 0.2) is 5.69 Å². The first-order valence-corrected chi connectivity index (χ1v) is 11.1. The summed E-state index contributed by atoms with van der Waals surface area (Å²) in [7, 11) is 0. The average Bonchev–Trinajstić information content (AvgIpc) is 2.92. The zero-order valence-electron chi connectivity index (χ0n) is 18.3. The molecule has 6 rings (SSSR count). The lowest BCUT2D eigenvalue weighted by Crippen LogP contribution is -1.90. The predicted molar refractivity (Wildman–Crippen MR) is 141 cm³/mol. The highest BCUT2D eigenvalue weighted by Crippen LogP contribution is 2.44. The molecular formula is C32H18N2. The van der Waals surface area contributed by atoms with Crippen molar-refractivity contribution in [2.45, 2.75) is 0 Å². The van der Waals surface area contributed by atoms with Crippen molar-refractivity contribution in [3.63, 3.8) is 0 Å². The van der Waals surface area contributed by atoms with Crippen molar-refractivity contribution in [1.82, 2.24) is 0 Å². The van der Waals surface area contributed by atoms with Gasteiger partial charge >= 0.3 is 0 Å². The van der Waals surface area contributed by atoms with Crippen LogP contribution in [0, 0.1) is 17.9 Å². The second-order valence-electron chi connectivity index (χ2n) is 8.35. The van der Waals surface area contributed by atoms with Crippen LogP contribution in [0.1, 0.15) is 5.56 Å². The SMILES string of the molecule is [C-]#[N+]c1ccc(-c2ccc(-c3ccc(C#N)cc3)c3c4ccccc4c4ccccc4c23)cc1. The van der Waals surface area contributed by atoms with Crippen molar-refractivity contribution in [1.29, 1.82) is 5.26 Å². The molecule has 2 heteroatoms. The molecule has 6 aromatic rings. The first-order chi connectivity index (χ1) is 16.8. The molecule has 2 nitrogen and oxygen atoms in total. The molecule has 0 unspecified atom stereocenters. The van der Waals surface area contributed by atoms with Crippen LogP contribution in [0.5, 0.6) is 0 Å². The van der Waals surface area contributed by atoms with Crippen LogP contribution in [0.2, 0.25) is 0 Å². The van der Waals surface area contributed by atoms with Crippen molar-refractivity contribution >= 4 is 38.0 Å². The molecule has 0 atom stereocenters. The summed E-state index contributed by atoms with van der Waals surface area (Å²) in [4.78, 5) is 3.55. The van der Waals surface area contributed by atoms with Crippen LogP contribution in [0.25, 0.3) is 59.4 Å². The first-order valence-electron chi connectivity index (χ1n) is 11.1. The van der Waals surface area contributed by atoms with Gasteiger partial charge in [0.05, 0.1) is 18.2 Å². The van der Waals surface area contributed by atoms with Crippen molar-refractivity contribution < 1.29 is 0 Å². The van der Waals surface area contributed by atoms with Crippen LogP contribution in [-0.4, -0.2) is 0 Å². The third-order valence-electron chi connectivity index (χ3n) is 6.52. The number of benzene rings is 6. The van der Waals surface area contributed by atoms with Gasteiger partial charge in [0.1, 0.15) is 0 Å². The molecular weight excluding hydrogens is 412 g/mol. The highest BCUT2D eigenvalue weighted by Gasteiger charge is 2.16. The molecule has 0 bridgehead atoms. The van der Waals surface area contributed by atoms with Gasteiger partial charge in [-0.2, -0.15) is 5.26 Å². The van der Waals surface area contributed by atoms with Gasteiger partial charge in [0, 0.05) is 0 Å². The van der Waals surface area contributed by atoms with Crippen LogP contribution >= 0.6 is 0 Å². The second kappa shape index (κ2) is 7.89. The Morgan fingerprint density at radius 2 is 0.971 bits per heavy atom. The Morgan fingerprint density at radius 3 is 1.41 bits per heavy atom. The molecule has 0 aromatic heterocycles. The van der Waals surface area contributed by atoms with Crippen molar-refractivity contribution in [2.24, 2.45) is 0 Å². The van der Waals surface area contributed by atoms with Gasteiger partial charge in [-0.25, -0.2) is 4.85 Å². The average molecular weight is 431 g/mol. The fourth-order valence-electron chi connectivity index (χ4n) is 4.96. The lowest BCUT2D eigenvalue weighted by atomic mass is 9.85. The van der Waals surface area contributed by atoms with Gasteiger partial charge in [0.25, 0.3) is 0 Å². The van der Waals surface area contributed by atoms with E-state index in [1.807, 2.05) is 48.5 Å². The van der Waals surface area contributed by atoms with Gasteiger partial charge in [0.2, 0.25) is 0 Å². The smallest absolute Gasteiger partial charge is 0.187 e. The Balaban J connectivity index is 1.81. The second-order valence-corrected chi connectivity index (χ2v) is 8.35. The quantitative estimate of drug-likeness (QED) is 0.199. The molecule has 0 saturated heterocycles. The Morgan fingerprint density at radius 1 is 0.529 bits per heavy atom. The van der Waals surface area contributed by atoms with Gasteiger partial charge in [-0.05, 0) is 66.7 Å². The van der Waals surface area contributed by atoms with E-state index in [9.17, 15) is 5.26 Å².